The Hall–Kier alpha value is -4.00. The van der Waals surface area contributed by atoms with E-state index in [-0.39, 0.29) is 41.7 Å². The number of ether oxygens (including phenoxy) is 1. The van der Waals surface area contributed by atoms with Crippen molar-refractivity contribution < 1.29 is 14.3 Å². The second-order valence-corrected chi connectivity index (χ2v) is 9.14. The van der Waals surface area contributed by atoms with E-state index in [4.69, 9.17) is 4.74 Å². The number of hydrogen-bond acceptors (Lipinski definition) is 10. The first-order valence-corrected chi connectivity index (χ1v) is 12.1. The predicted molar refractivity (Wildman–Crippen MR) is 132 cm³/mol. The Morgan fingerprint density at radius 2 is 1.75 bits per heavy atom. The topological polar surface area (TPSA) is 167 Å². The number of anilines is 3. The Morgan fingerprint density at radius 3 is 2.47 bits per heavy atom. The average molecular weight is 496 g/mol. The number of rotatable bonds is 9. The molecule has 0 saturated heterocycles. The number of nitrogens with one attached hydrogen (secondary N) is 5. The van der Waals surface area contributed by atoms with Gasteiger partial charge in [0.15, 0.2) is 11.3 Å². The molecule has 3 aromatic heterocycles. The number of H-pyrrole nitrogens is 1. The minimum absolute atomic E-state index is 0.141. The highest BCUT2D eigenvalue weighted by molar-refractivity contribution is 6.03. The quantitative estimate of drug-likeness (QED) is 0.271. The Bertz CT molecular complexity index is 1310. The molecule has 3 heterocycles. The summed E-state index contributed by atoms with van der Waals surface area (Å²) in [4.78, 5) is 46.7. The van der Waals surface area contributed by atoms with Crippen LogP contribution < -0.4 is 26.8 Å². The van der Waals surface area contributed by atoms with Crippen LogP contribution >= 0.6 is 0 Å². The van der Waals surface area contributed by atoms with Crippen LogP contribution in [0, 0.1) is 0 Å². The van der Waals surface area contributed by atoms with Gasteiger partial charge in [-0.25, -0.2) is 14.5 Å². The van der Waals surface area contributed by atoms with Crippen LogP contribution in [-0.4, -0.2) is 68.2 Å². The number of methoxy groups -OCH3 is 1. The first kappa shape index (κ1) is 23.7. The van der Waals surface area contributed by atoms with Crippen molar-refractivity contribution in [3.05, 3.63) is 40.7 Å². The van der Waals surface area contributed by atoms with E-state index in [0.29, 0.717) is 17.5 Å². The van der Waals surface area contributed by atoms with E-state index in [1.165, 1.54) is 30.2 Å². The van der Waals surface area contributed by atoms with E-state index in [2.05, 4.69) is 41.3 Å². The van der Waals surface area contributed by atoms with E-state index in [9.17, 15) is 14.4 Å². The van der Waals surface area contributed by atoms with E-state index in [1.807, 2.05) is 6.07 Å². The molecule has 2 aliphatic rings. The lowest BCUT2D eigenvalue weighted by atomic mass is 9.91. The van der Waals surface area contributed by atoms with Crippen molar-refractivity contribution >= 4 is 34.8 Å². The molecule has 0 bridgehead atoms. The molecule has 0 aliphatic heterocycles. The van der Waals surface area contributed by atoms with Gasteiger partial charge >= 0.3 is 5.97 Å². The third-order valence-corrected chi connectivity index (χ3v) is 6.40. The van der Waals surface area contributed by atoms with Gasteiger partial charge in [-0.3, -0.25) is 14.4 Å². The highest BCUT2D eigenvalue weighted by atomic mass is 16.5. The number of amides is 1. The first-order chi connectivity index (χ1) is 17.5. The molecule has 13 nitrogen and oxygen atoms in total. The molecule has 36 heavy (non-hydrogen) atoms. The molecular formula is C23H29N9O4. The Labute approximate surface area is 206 Å². The molecule has 2 fully saturated rings. The predicted octanol–water partition coefficient (Wildman–Crippen LogP) is 1.12. The lowest BCUT2D eigenvalue weighted by Crippen LogP contribution is -2.39. The fraction of sp³-hybridized carbons (Fsp3) is 0.478. The van der Waals surface area contributed by atoms with Crippen molar-refractivity contribution in [1.82, 2.24) is 29.9 Å². The van der Waals surface area contributed by atoms with Crippen molar-refractivity contribution in [1.29, 1.82) is 0 Å². The zero-order chi connectivity index (χ0) is 25.1. The van der Waals surface area contributed by atoms with Crippen LogP contribution in [-0.2, 0) is 9.53 Å². The molecule has 2 saturated carbocycles. The lowest BCUT2D eigenvalue weighted by Gasteiger charge is -2.30. The Kier molecular flexibility index (Phi) is 6.80. The number of carbonyl (C=O) groups is 2. The second-order valence-electron chi connectivity index (χ2n) is 9.14. The average Bonchev–Trinajstić information content (AvgIpc) is 3.58. The van der Waals surface area contributed by atoms with Gasteiger partial charge in [0.25, 0.3) is 11.5 Å². The summed E-state index contributed by atoms with van der Waals surface area (Å²) < 4.78 is 6.21. The zero-order valence-electron chi connectivity index (χ0n) is 19.9. The molecule has 5 N–H and O–H groups in total. The van der Waals surface area contributed by atoms with Crippen molar-refractivity contribution in [3.8, 4) is 0 Å². The molecule has 0 spiro atoms. The number of esters is 1. The van der Waals surface area contributed by atoms with Crippen LogP contribution in [0.25, 0.3) is 5.65 Å². The van der Waals surface area contributed by atoms with Crippen LogP contribution in [0.4, 0.5) is 17.3 Å². The minimum atomic E-state index is -0.472. The molecule has 1 amide bonds. The molecule has 0 unspecified atom stereocenters. The third-order valence-electron chi connectivity index (χ3n) is 6.40. The summed E-state index contributed by atoms with van der Waals surface area (Å²) in [6, 6.07) is 4.00. The summed E-state index contributed by atoms with van der Waals surface area (Å²) >= 11 is 0. The molecule has 0 aromatic carbocycles. The van der Waals surface area contributed by atoms with Gasteiger partial charge in [0.1, 0.15) is 11.6 Å². The molecule has 3 aromatic rings. The highest BCUT2D eigenvalue weighted by Crippen LogP contribution is 2.30. The summed E-state index contributed by atoms with van der Waals surface area (Å²) in [5.41, 5.74) is 1.21. The maximum Gasteiger partial charge on any atom is 0.319 e. The second kappa shape index (κ2) is 10.3. The molecular weight excluding hydrogens is 466 g/mol. The highest BCUT2D eigenvalue weighted by Gasteiger charge is 2.26. The third kappa shape index (κ3) is 5.62. The normalized spacial score (nSPS) is 19.6. The van der Waals surface area contributed by atoms with Crippen LogP contribution in [0.3, 0.4) is 0 Å². The number of carbonyl (C=O) groups excluding carboxylic acids is 2. The fourth-order valence-electron chi connectivity index (χ4n) is 4.32. The van der Waals surface area contributed by atoms with Crippen LogP contribution in [0.15, 0.2) is 29.5 Å². The van der Waals surface area contributed by atoms with E-state index < -0.39 is 5.91 Å². The Balaban J connectivity index is 1.32. The molecule has 0 radical (unpaired) electrons. The summed E-state index contributed by atoms with van der Waals surface area (Å²) in [5.74, 6) is 0.0399. The van der Waals surface area contributed by atoms with Crippen LogP contribution in [0.2, 0.25) is 0 Å². The van der Waals surface area contributed by atoms with E-state index >= 15 is 0 Å². The Morgan fingerprint density at radius 1 is 1.03 bits per heavy atom. The smallest absolute Gasteiger partial charge is 0.319 e. The number of imidazole rings is 1. The van der Waals surface area contributed by atoms with Gasteiger partial charge < -0.3 is 31.0 Å². The molecule has 2 aliphatic carbocycles. The lowest BCUT2D eigenvalue weighted by molar-refractivity contribution is -0.139. The summed E-state index contributed by atoms with van der Waals surface area (Å²) in [5, 5.41) is 17.5. The molecule has 13 heteroatoms. The largest absolute Gasteiger partial charge is 0.468 e. The molecule has 0 atom stereocenters. The van der Waals surface area contributed by atoms with Gasteiger partial charge in [0.2, 0.25) is 0 Å². The van der Waals surface area contributed by atoms with E-state index in [1.54, 1.807) is 0 Å². The van der Waals surface area contributed by atoms with Crippen molar-refractivity contribution in [2.45, 2.75) is 56.7 Å². The standard InChI is InChI=1S/C23H29N9O4/c1-36-21(34)11-24-13-2-4-15(5-3-13)29-19-8-16(28-14-6-7-14)22-25-10-17(32(22)31-19)23(35)30-18-9-20(33)27-12-26-18/h8-10,12-15,24,28H,2-7,11H2,1H3,(H,29,31)(H2,26,27,30,33,35). The number of hydrogen-bond donors (Lipinski definition) is 5. The summed E-state index contributed by atoms with van der Waals surface area (Å²) in [6.45, 7) is 0.214. The number of aromatic amines is 1. The first-order valence-electron chi connectivity index (χ1n) is 12.1. The fourth-order valence-corrected chi connectivity index (χ4v) is 4.32. The van der Waals surface area contributed by atoms with Gasteiger partial charge in [-0.1, -0.05) is 0 Å². The SMILES string of the molecule is COC(=O)CNC1CCC(Nc2cc(NC3CC3)c3ncc(C(=O)Nc4cc(=O)[nH]cn4)n3n2)CC1. The maximum absolute atomic E-state index is 13.0. The maximum atomic E-state index is 13.0. The van der Waals surface area contributed by atoms with Gasteiger partial charge in [-0.05, 0) is 38.5 Å². The van der Waals surface area contributed by atoms with Crippen molar-refractivity contribution in [3.63, 3.8) is 0 Å². The monoisotopic (exact) mass is 495 g/mol. The zero-order valence-corrected chi connectivity index (χ0v) is 19.9. The van der Waals surface area contributed by atoms with Gasteiger partial charge in [-0.2, -0.15) is 0 Å². The van der Waals surface area contributed by atoms with Gasteiger partial charge in [0, 0.05) is 30.3 Å². The molecule has 5 rings (SSSR count). The van der Waals surface area contributed by atoms with Crippen molar-refractivity contribution in [2.24, 2.45) is 0 Å². The van der Waals surface area contributed by atoms with Gasteiger partial charge in [0.05, 0.1) is 31.9 Å². The molecule has 190 valence electrons. The number of fused-ring (bicyclic) bond motifs is 1. The minimum Gasteiger partial charge on any atom is -0.468 e. The number of aromatic nitrogens is 5. The summed E-state index contributed by atoms with van der Waals surface area (Å²) in [7, 11) is 1.38. The number of nitrogens with zero attached hydrogens (tertiary/aromatic N) is 4. The van der Waals surface area contributed by atoms with Gasteiger partial charge in [-0.15, -0.1) is 5.10 Å². The van der Waals surface area contributed by atoms with Crippen LogP contribution in [0.1, 0.15) is 49.0 Å². The van der Waals surface area contributed by atoms with E-state index in [0.717, 1.165) is 44.2 Å². The van der Waals surface area contributed by atoms with Crippen molar-refractivity contribution in [2.75, 3.05) is 29.6 Å². The van der Waals surface area contributed by atoms with Crippen LogP contribution in [0.5, 0.6) is 0 Å². The summed E-state index contributed by atoms with van der Waals surface area (Å²) in [6.07, 6.45) is 8.53.